The van der Waals surface area contributed by atoms with Gasteiger partial charge in [0.2, 0.25) is 0 Å². The van der Waals surface area contributed by atoms with Gasteiger partial charge in [-0.1, -0.05) is 295 Å². The van der Waals surface area contributed by atoms with Crippen LogP contribution in [-0.4, -0.2) is 37.2 Å². The Hall–Kier alpha value is -4.71. The van der Waals surface area contributed by atoms with Crippen LogP contribution in [0.2, 0.25) is 0 Å². The fourth-order valence-electron chi connectivity index (χ4n) is 9.03. The topological polar surface area (TPSA) is 78.9 Å². The SMILES string of the molecule is CC/C=C\C/C=C\C/C=C\C/C=C\C/C=C\C/C=C\C/C=C\C/C=C\C/C=C\C/C=C\CCCCC(=O)OCC(COC(=O)CCCCCCCCCCCCCCCCC)OC(=O)CCCCCCC/C=C\C/C=C\CCCCCC. The molecule has 0 rings (SSSR count). The first kappa shape index (κ1) is 77.3. The lowest BCUT2D eigenvalue weighted by Gasteiger charge is -2.18. The number of rotatable bonds is 60. The van der Waals surface area contributed by atoms with Crippen LogP contribution in [0.1, 0.15) is 297 Å². The molecule has 0 spiro atoms. The molecular formula is C76H124O6. The normalized spacial score (nSPS) is 13.1. The summed E-state index contributed by atoms with van der Waals surface area (Å²) < 4.78 is 16.9. The number of unbranched alkanes of at least 4 members (excludes halogenated alkanes) is 25. The summed E-state index contributed by atoms with van der Waals surface area (Å²) in [4.78, 5) is 38.3. The van der Waals surface area contributed by atoms with E-state index in [1.54, 1.807) is 0 Å². The van der Waals surface area contributed by atoms with Crippen molar-refractivity contribution >= 4 is 17.9 Å². The van der Waals surface area contributed by atoms with E-state index in [1.165, 1.54) is 109 Å². The van der Waals surface area contributed by atoms with Gasteiger partial charge in [0, 0.05) is 19.3 Å². The van der Waals surface area contributed by atoms with Crippen molar-refractivity contribution < 1.29 is 28.6 Å². The molecule has 464 valence electrons. The number of carbonyl (C=O) groups is 3. The van der Waals surface area contributed by atoms with Crippen LogP contribution < -0.4 is 0 Å². The average molecular weight is 1130 g/mol. The van der Waals surface area contributed by atoms with E-state index in [-0.39, 0.29) is 31.1 Å². The Bertz CT molecular complexity index is 1780. The van der Waals surface area contributed by atoms with Crippen LogP contribution in [0, 0.1) is 0 Å². The van der Waals surface area contributed by atoms with E-state index < -0.39 is 6.10 Å². The van der Waals surface area contributed by atoms with Gasteiger partial charge in [0.15, 0.2) is 6.10 Å². The molecular weight excluding hydrogens is 1010 g/mol. The summed E-state index contributed by atoms with van der Waals surface area (Å²) in [6.07, 6.45) is 98.6. The highest BCUT2D eigenvalue weighted by molar-refractivity contribution is 5.71. The lowest BCUT2D eigenvalue weighted by molar-refractivity contribution is -0.167. The molecule has 0 aromatic rings. The highest BCUT2D eigenvalue weighted by Crippen LogP contribution is 2.15. The van der Waals surface area contributed by atoms with Crippen LogP contribution in [0.4, 0.5) is 0 Å². The average Bonchev–Trinajstić information content (AvgIpc) is 3.47. The van der Waals surface area contributed by atoms with Gasteiger partial charge in [0.25, 0.3) is 0 Å². The van der Waals surface area contributed by atoms with Crippen LogP contribution in [0.25, 0.3) is 0 Å². The summed E-state index contributed by atoms with van der Waals surface area (Å²) in [7, 11) is 0. The van der Waals surface area contributed by atoms with Gasteiger partial charge in [0.1, 0.15) is 13.2 Å². The Labute approximate surface area is 506 Å². The van der Waals surface area contributed by atoms with Crippen LogP contribution in [0.3, 0.4) is 0 Å². The number of esters is 3. The molecule has 0 bridgehead atoms. The summed E-state index contributed by atoms with van der Waals surface area (Å²) in [5.41, 5.74) is 0. The highest BCUT2D eigenvalue weighted by Gasteiger charge is 2.19. The van der Waals surface area contributed by atoms with Gasteiger partial charge in [0.05, 0.1) is 0 Å². The van der Waals surface area contributed by atoms with Crippen LogP contribution in [0.15, 0.2) is 146 Å². The standard InChI is InChI=1S/C76H124O6/c1-4-7-10-13-16-19-22-25-28-30-31-32-33-34-35-36-37-38-39-40-41-42-43-44-45-46-49-51-54-57-60-63-66-69-75(78)81-72-73(71-80-74(77)68-65-62-59-56-53-50-47-27-24-21-18-15-12-9-6-3)82-76(79)70-67-64-61-58-55-52-48-29-26-23-20-17-14-11-8-5-2/h7,10,16,19-20,23,25,28-29,31-32,34-35,37-38,40-41,43-44,46,48-49,54,57,73H,4-6,8-9,11-15,17-18,21-22,24,26-27,30,33,36,39,42,45,47,50-53,55-56,58-72H2,1-3H3/b10-7-,19-16-,23-20-,28-25-,32-31-,35-34-,38-37-,41-40-,44-43-,48-29-,49-46-,57-54-. The number of allylic oxidation sites excluding steroid dienone is 24. The Morgan fingerprint density at radius 3 is 0.780 bits per heavy atom. The lowest BCUT2D eigenvalue weighted by Crippen LogP contribution is -2.30. The second-order valence-corrected chi connectivity index (χ2v) is 22.0. The molecule has 1 unspecified atom stereocenters. The molecule has 6 nitrogen and oxygen atoms in total. The van der Waals surface area contributed by atoms with Gasteiger partial charge in [-0.25, -0.2) is 0 Å². The number of carbonyl (C=O) groups excluding carboxylic acids is 3. The fourth-order valence-corrected chi connectivity index (χ4v) is 9.03. The maximum Gasteiger partial charge on any atom is 0.306 e. The van der Waals surface area contributed by atoms with Crippen molar-refractivity contribution in [1.29, 1.82) is 0 Å². The van der Waals surface area contributed by atoms with E-state index in [0.29, 0.717) is 25.7 Å². The Morgan fingerprint density at radius 1 is 0.256 bits per heavy atom. The molecule has 82 heavy (non-hydrogen) atoms. The number of hydrogen-bond donors (Lipinski definition) is 0. The first-order valence-corrected chi connectivity index (χ1v) is 33.8. The van der Waals surface area contributed by atoms with E-state index in [4.69, 9.17) is 14.2 Å². The van der Waals surface area contributed by atoms with Gasteiger partial charge in [-0.2, -0.15) is 0 Å². The minimum absolute atomic E-state index is 0.0992. The van der Waals surface area contributed by atoms with Crippen molar-refractivity contribution in [2.45, 2.75) is 303 Å². The monoisotopic (exact) mass is 1130 g/mol. The third-order valence-electron chi connectivity index (χ3n) is 14.1. The summed E-state index contributed by atoms with van der Waals surface area (Å²) in [5.74, 6) is -0.955. The molecule has 0 aromatic carbocycles. The maximum absolute atomic E-state index is 12.9. The summed E-state index contributed by atoms with van der Waals surface area (Å²) in [6, 6.07) is 0. The molecule has 0 saturated carbocycles. The fraction of sp³-hybridized carbons (Fsp3) is 0.645. The summed E-state index contributed by atoms with van der Waals surface area (Å²) in [5, 5.41) is 0. The smallest absolute Gasteiger partial charge is 0.306 e. The van der Waals surface area contributed by atoms with Gasteiger partial charge in [-0.3, -0.25) is 14.4 Å². The molecule has 0 fully saturated rings. The van der Waals surface area contributed by atoms with E-state index in [2.05, 4.69) is 167 Å². The molecule has 6 heteroatoms. The summed E-state index contributed by atoms with van der Waals surface area (Å²) >= 11 is 0. The zero-order valence-corrected chi connectivity index (χ0v) is 53.2. The maximum atomic E-state index is 12.9. The molecule has 0 N–H and O–H groups in total. The molecule has 0 aliphatic carbocycles. The molecule has 0 aliphatic heterocycles. The molecule has 0 aliphatic rings. The minimum Gasteiger partial charge on any atom is -0.462 e. The number of hydrogen-bond acceptors (Lipinski definition) is 6. The van der Waals surface area contributed by atoms with Crippen molar-refractivity contribution in [2.24, 2.45) is 0 Å². The largest absolute Gasteiger partial charge is 0.462 e. The molecule has 1 atom stereocenters. The van der Waals surface area contributed by atoms with Crippen molar-refractivity contribution in [2.75, 3.05) is 13.2 Å². The lowest BCUT2D eigenvalue weighted by atomic mass is 10.0. The zero-order valence-electron chi connectivity index (χ0n) is 53.2. The van der Waals surface area contributed by atoms with Crippen molar-refractivity contribution in [3.63, 3.8) is 0 Å². The predicted octanol–water partition coefficient (Wildman–Crippen LogP) is 23.5. The van der Waals surface area contributed by atoms with Crippen LogP contribution in [0.5, 0.6) is 0 Å². The molecule has 0 radical (unpaired) electrons. The van der Waals surface area contributed by atoms with E-state index in [1.807, 2.05) is 0 Å². The quantitative estimate of drug-likeness (QED) is 0.0261. The number of ether oxygens (including phenoxy) is 3. The van der Waals surface area contributed by atoms with Gasteiger partial charge < -0.3 is 14.2 Å². The third-order valence-corrected chi connectivity index (χ3v) is 14.1. The van der Waals surface area contributed by atoms with Crippen LogP contribution in [-0.2, 0) is 28.6 Å². The Kier molecular flexibility index (Phi) is 64.8. The predicted molar refractivity (Wildman–Crippen MR) is 357 cm³/mol. The Morgan fingerprint density at radius 2 is 0.476 bits per heavy atom. The minimum atomic E-state index is -0.808. The van der Waals surface area contributed by atoms with Crippen molar-refractivity contribution in [3.05, 3.63) is 146 Å². The second-order valence-electron chi connectivity index (χ2n) is 22.0. The van der Waals surface area contributed by atoms with Gasteiger partial charge in [-0.05, 0) is 128 Å². The zero-order chi connectivity index (χ0) is 59.2. The van der Waals surface area contributed by atoms with Crippen molar-refractivity contribution in [3.8, 4) is 0 Å². The second kappa shape index (κ2) is 68.8. The summed E-state index contributed by atoms with van der Waals surface area (Å²) in [6.45, 7) is 6.48. The van der Waals surface area contributed by atoms with E-state index in [0.717, 1.165) is 141 Å². The van der Waals surface area contributed by atoms with Crippen LogP contribution >= 0.6 is 0 Å². The van der Waals surface area contributed by atoms with Crippen molar-refractivity contribution in [1.82, 2.24) is 0 Å². The highest BCUT2D eigenvalue weighted by atomic mass is 16.6. The molecule has 0 heterocycles. The Balaban J connectivity index is 4.41. The first-order valence-electron chi connectivity index (χ1n) is 33.8. The molecule has 0 aromatic heterocycles. The van der Waals surface area contributed by atoms with E-state index >= 15 is 0 Å². The van der Waals surface area contributed by atoms with Gasteiger partial charge >= 0.3 is 17.9 Å². The molecule has 0 amide bonds. The first-order chi connectivity index (χ1) is 40.5. The third kappa shape index (κ3) is 66.1. The van der Waals surface area contributed by atoms with E-state index in [9.17, 15) is 14.4 Å². The molecule has 0 saturated heterocycles. The van der Waals surface area contributed by atoms with Gasteiger partial charge in [-0.15, -0.1) is 0 Å².